The van der Waals surface area contributed by atoms with Gasteiger partial charge in [0.1, 0.15) is 4.90 Å². The van der Waals surface area contributed by atoms with E-state index in [1.54, 1.807) is 18.3 Å². The van der Waals surface area contributed by atoms with Gasteiger partial charge in [-0.1, -0.05) is 12.1 Å². The van der Waals surface area contributed by atoms with Gasteiger partial charge >= 0.3 is 5.97 Å². The van der Waals surface area contributed by atoms with Gasteiger partial charge in [0, 0.05) is 30.6 Å². The maximum Gasteiger partial charge on any atom is 0.303 e. The van der Waals surface area contributed by atoms with E-state index < -0.39 is 16.0 Å². The summed E-state index contributed by atoms with van der Waals surface area (Å²) >= 11 is 0. The first-order chi connectivity index (χ1) is 11.4. The summed E-state index contributed by atoms with van der Waals surface area (Å²) in [5.74, 6) is -0.901. The zero-order chi connectivity index (χ0) is 17.3. The maximum absolute atomic E-state index is 13.1. The minimum Gasteiger partial charge on any atom is -0.481 e. The number of carbonyl (C=O) groups is 1. The number of aliphatic carboxylic acids is 1. The Labute approximate surface area is 141 Å². The van der Waals surface area contributed by atoms with Crippen molar-refractivity contribution in [2.24, 2.45) is 0 Å². The van der Waals surface area contributed by atoms with Gasteiger partial charge in [0.2, 0.25) is 10.0 Å². The number of sulfonamides is 1. The maximum atomic E-state index is 13.1. The standard InChI is InChI=1S/C17H20N2O4S/c1-12-10-13-4-2-6-15(17(13)18-11-12)24(22,23)19-9-3-5-14(19)7-8-16(20)21/h2,4,6,10-11,14H,3,5,7-9H2,1H3,(H,20,21). The molecule has 7 heteroatoms. The summed E-state index contributed by atoms with van der Waals surface area (Å²) in [6, 6.07) is 6.80. The predicted molar refractivity (Wildman–Crippen MR) is 90.3 cm³/mol. The molecule has 0 radical (unpaired) electrons. The molecular weight excluding hydrogens is 328 g/mol. The monoisotopic (exact) mass is 348 g/mol. The SMILES string of the molecule is Cc1cnc2c(S(=O)(=O)N3CCCC3CCC(=O)O)cccc2c1. The Hall–Kier alpha value is -1.99. The minimum atomic E-state index is -3.70. The fourth-order valence-corrected chi connectivity index (χ4v) is 5.17. The molecule has 2 aromatic rings. The Bertz CT molecular complexity index is 879. The number of aryl methyl sites for hydroxylation is 1. The lowest BCUT2D eigenvalue weighted by Gasteiger charge is -2.24. The number of fused-ring (bicyclic) bond motifs is 1. The molecule has 0 spiro atoms. The zero-order valence-electron chi connectivity index (χ0n) is 13.5. The molecule has 2 heterocycles. The van der Waals surface area contributed by atoms with Crippen molar-refractivity contribution >= 4 is 26.9 Å². The van der Waals surface area contributed by atoms with Crippen LogP contribution in [0.5, 0.6) is 0 Å². The molecule has 0 aliphatic carbocycles. The molecule has 0 bridgehead atoms. The van der Waals surface area contributed by atoms with Crippen LogP contribution in [0.3, 0.4) is 0 Å². The quantitative estimate of drug-likeness (QED) is 0.897. The van der Waals surface area contributed by atoms with E-state index in [0.717, 1.165) is 17.4 Å². The summed E-state index contributed by atoms with van der Waals surface area (Å²) in [6.07, 6.45) is 3.42. The van der Waals surface area contributed by atoms with Crippen LogP contribution < -0.4 is 0 Å². The van der Waals surface area contributed by atoms with E-state index in [1.165, 1.54) is 4.31 Å². The fourth-order valence-electron chi connectivity index (χ4n) is 3.28. The van der Waals surface area contributed by atoms with Crippen LogP contribution in [-0.2, 0) is 14.8 Å². The van der Waals surface area contributed by atoms with E-state index in [4.69, 9.17) is 5.11 Å². The molecule has 0 amide bonds. The second-order valence-corrected chi connectivity index (χ2v) is 8.04. The van der Waals surface area contributed by atoms with E-state index in [9.17, 15) is 13.2 Å². The third-order valence-electron chi connectivity index (χ3n) is 4.41. The molecule has 1 aromatic heterocycles. The molecule has 1 N–H and O–H groups in total. The lowest BCUT2D eigenvalue weighted by Crippen LogP contribution is -2.36. The Morgan fingerprint density at radius 2 is 2.21 bits per heavy atom. The van der Waals surface area contributed by atoms with Gasteiger partial charge < -0.3 is 5.11 Å². The van der Waals surface area contributed by atoms with Gasteiger partial charge in [-0.15, -0.1) is 0 Å². The summed E-state index contributed by atoms with van der Waals surface area (Å²) < 4.78 is 27.7. The molecule has 128 valence electrons. The Balaban J connectivity index is 2.00. The average Bonchev–Trinajstić information content (AvgIpc) is 3.01. The number of para-hydroxylation sites is 1. The Morgan fingerprint density at radius 3 is 2.96 bits per heavy atom. The number of rotatable bonds is 5. The predicted octanol–water partition coefficient (Wildman–Crippen LogP) is 2.56. The highest BCUT2D eigenvalue weighted by Crippen LogP contribution is 2.31. The molecule has 3 rings (SSSR count). The van der Waals surface area contributed by atoms with Crippen molar-refractivity contribution in [1.29, 1.82) is 0 Å². The van der Waals surface area contributed by atoms with Crippen molar-refractivity contribution in [3.8, 4) is 0 Å². The van der Waals surface area contributed by atoms with Crippen molar-refractivity contribution in [1.82, 2.24) is 9.29 Å². The van der Waals surface area contributed by atoms with Crippen LogP contribution in [0.25, 0.3) is 10.9 Å². The lowest BCUT2D eigenvalue weighted by atomic mass is 10.1. The van der Waals surface area contributed by atoms with E-state index in [1.807, 2.05) is 19.1 Å². The second kappa shape index (κ2) is 6.49. The summed E-state index contributed by atoms with van der Waals surface area (Å²) in [6.45, 7) is 2.34. The highest BCUT2D eigenvalue weighted by atomic mass is 32.2. The number of carboxylic acids is 1. The third kappa shape index (κ3) is 3.14. The first-order valence-electron chi connectivity index (χ1n) is 7.98. The van der Waals surface area contributed by atoms with Gasteiger partial charge in [-0.25, -0.2) is 8.42 Å². The third-order valence-corrected chi connectivity index (χ3v) is 6.40. The number of hydrogen-bond donors (Lipinski definition) is 1. The Kier molecular flexibility index (Phi) is 4.56. The number of nitrogens with zero attached hydrogens (tertiary/aromatic N) is 2. The highest BCUT2D eigenvalue weighted by molar-refractivity contribution is 7.89. The molecule has 6 nitrogen and oxygen atoms in total. The summed E-state index contributed by atoms with van der Waals surface area (Å²) in [7, 11) is -3.70. The largest absolute Gasteiger partial charge is 0.481 e. The molecule has 1 aliphatic rings. The van der Waals surface area contributed by atoms with Gasteiger partial charge in [0.15, 0.2) is 0 Å². The van der Waals surface area contributed by atoms with E-state index in [-0.39, 0.29) is 17.4 Å². The number of aromatic nitrogens is 1. The smallest absolute Gasteiger partial charge is 0.303 e. The number of hydrogen-bond acceptors (Lipinski definition) is 4. The van der Waals surface area contributed by atoms with Crippen molar-refractivity contribution in [2.45, 2.75) is 43.5 Å². The topological polar surface area (TPSA) is 87.6 Å². The zero-order valence-corrected chi connectivity index (χ0v) is 14.3. The summed E-state index contributed by atoms with van der Waals surface area (Å²) in [5, 5.41) is 9.66. The second-order valence-electron chi connectivity index (χ2n) is 6.18. The van der Waals surface area contributed by atoms with Crippen molar-refractivity contribution < 1.29 is 18.3 Å². The lowest BCUT2D eigenvalue weighted by molar-refractivity contribution is -0.137. The van der Waals surface area contributed by atoms with Crippen LogP contribution in [0, 0.1) is 6.92 Å². The first kappa shape index (κ1) is 16.9. The average molecular weight is 348 g/mol. The molecule has 1 atom stereocenters. The fraction of sp³-hybridized carbons (Fsp3) is 0.412. The number of carboxylic acid groups (broad SMARTS) is 1. The van der Waals surface area contributed by atoms with E-state index in [0.29, 0.717) is 24.9 Å². The van der Waals surface area contributed by atoms with Gasteiger partial charge in [-0.3, -0.25) is 9.78 Å². The normalized spacial score (nSPS) is 19.0. The highest BCUT2D eigenvalue weighted by Gasteiger charge is 2.36. The number of benzene rings is 1. The Morgan fingerprint density at radius 1 is 1.42 bits per heavy atom. The van der Waals surface area contributed by atoms with E-state index >= 15 is 0 Å². The van der Waals surface area contributed by atoms with Gasteiger partial charge in [0.05, 0.1) is 5.52 Å². The minimum absolute atomic E-state index is 0.0241. The molecule has 24 heavy (non-hydrogen) atoms. The van der Waals surface area contributed by atoms with Crippen LogP contribution in [-0.4, -0.2) is 41.4 Å². The van der Waals surface area contributed by atoms with Crippen molar-refractivity contribution in [2.75, 3.05) is 6.54 Å². The van der Waals surface area contributed by atoms with Crippen molar-refractivity contribution in [3.05, 3.63) is 36.0 Å². The summed E-state index contributed by atoms with van der Waals surface area (Å²) in [5.41, 5.74) is 1.43. The molecule has 1 aliphatic heterocycles. The van der Waals surface area contributed by atoms with Crippen LogP contribution in [0.4, 0.5) is 0 Å². The van der Waals surface area contributed by atoms with Gasteiger partial charge in [0.25, 0.3) is 0 Å². The summed E-state index contributed by atoms with van der Waals surface area (Å²) in [4.78, 5) is 15.3. The van der Waals surface area contributed by atoms with Crippen LogP contribution >= 0.6 is 0 Å². The van der Waals surface area contributed by atoms with Crippen LogP contribution in [0.15, 0.2) is 35.4 Å². The molecule has 1 aromatic carbocycles. The van der Waals surface area contributed by atoms with E-state index in [2.05, 4.69) is 4.98 Å². The molecular formula is C17H20N2O4S. The first-order valence-corrected chi connectivity index (χ1v) is 9.42. The van der Waals surface area contributed by atoms with Gasteiger partial charge in [-0.2, -0.15) is 4.31 Å². The molecule has 1 fully saturated rings. The van der Waals surface area contributed by atoms with Crippen LogP contribution in [0.1, 0.15) is 31.2 Å². The molecule has 1 saturated heterocycles. The number of pyridine rings is 1. The van der Waals surface area contributed by atoms with Gasteiger partial charge in [-0.05, 0) is 43.9 Å². The molecule has 0 saturated carbocycles. The van der Waals surface area contributed by atoms with Crippen LogP contribution in [0.2, 0.25) is 0 Å². The van der Waals surface area contributed by atoms with Crippen molar-refractivity contribution in [3.63, 3.8) is 0 Å². The molecule has 1 unspecified atom stereocenters.